The van der Waals surface area contributed by atoms with Crippen molar-refractivity contribution in [2.75, 3.05) is 26.2 Å². The first-order chi connectivity index (χ1) is 14.2. The van der Waals surface area contributed by atoms with E-state index in [1.54, 1.807) is 6.07 Å². The summed E-state index contributed by atoms with van der Waals surface area (Å²) in [6.07, 6.45) is 0.439. The van der Waals surface area contributed by atoms with Gasteiger partial charge >= 0.3 is 6.09 Å². The minimum Gasteiger partial charge on any atom is -0.444 e. The highest BCUT2D eigenvalue weighted by Crippen LogP contribution is 2.13. The second kappa shape index (κ2) is 10.8. The Hall–Kier alpha value is -2.77. The van der Waals surface area contributed by atoms with Crippen LogP contribution in [0.5, 0.6) is 0 Å². The van der Waals surface area contributed by atoms with E-state index in [1.165, 1.54) is 0 Å². The number of likely N-dealkylation sites (tertiary alicyclic amines) is 1. The van der Waals surface area contributed by atoms with E-state index in [1.807, 2.05) is 52.8 Å². The summed E-state index contributed by atoms with van der Waals surface area (Å²) in [5.41, 5.74) is 1.09. The summed E-state index contributed by atoms with van der Waals surface area (Å²) in [5.74, 6) is 0.722. The van der Waals surface area contributed by atoms with E-state index in [2.05, 4.69) is 20.9 Å². The van der Waals surface area contributed by atoms with Gasteiger partial charge in [-0.25, -0.2) is 9.79 Å². The van der Waals surface area contributed by atoms with Gasteiger partial charge in [0.1, 0.15) is 5.60 Å². The number of nitrogens with zero attached hydrogens (tertiary/aromatic N) is 2. The van der Waals surface area contributed by atoms with Gasteiger partial charge in [0.15, 0.2) is 5.96 Å². The standard InChI is InChI=1S/C22H35N5O3/c1-6-23-19(28)17-10-8-9-16(13-17)14-25-20(24-7-2)27-12-11-18(15-27)26-21(29)30-22(3,4)5/h8-10,13,18H,6-7,11-12,14-15H2,1-5H3,(H,23,28)(H,24,25)(H,26,29). The highest BCUT2D eigenvalue weighted by Gasteiger charge is 2.27. The molecular weight excluding hydrogens is 382 g/mol. The van der Waals surface area contributed by atoms with Crippen molar-refractivity contribution in [2.45, 2.75) is 59.2 Å². The van der Waals surface area contributed by atoms with Crippen LogP contribution < -0.4 is 16.0 Å². The molecular formula is C22H35N5O3. The van der Waals surface area contributed by atoms with Crippen LogP contribution in [0.3, 0.4) is 0 Å². The lowest BCUT2D eigenvalue weighted by Crippen LogP contribution is -2.44. The molecule has 2 amide bonds. The van der Waals surface area contributed by atoms with Crippen molar-refractivity contribution in [3.8, 4) is 0 Å². The van der Waals surface area contributed by atoms with Crippen molar-refractivity contribution in [3.63, 3.8) is 0 Å². The molecule has 1 aliphatic heterocycles. The normalized spacial score (nSPS) is 16.9. The number of amides is 2. The lowest BCUT2D eigenvalue weighted by Gasteiger charge is -2.23. The first-order valence-corrected chi connectivity index (χ1v) is 10.6. The molecule has 3 N–H and O–H groups in total. The van der Waals surface area contributed by atoms with Crippen LogP contribution in [0.4, 0.5) is 4.79 Å². The molecule has 8 heteroatoms. The number of ether oxygens (including phenoxy) is 1. The Morgan fingerprint density at radius 3 is 2.60 bits per heavy atom. The van der Waals surface area contributed by atoms with Crippen molar-refractivity contribution in [2.24, 2.45) is 4.99 Å². The third-order valence-electron chi connectivity index (χ3n) is 4.48. The van der Waals surface area contributed by atoms with E-state index >= 15 is 0 Å². The van der Waals surface area contributed by atoms with Gasteiger partial charge in [-0.3, -0.25) is 4.79 Å². The molecule has 166 valence electrons. The maximum atomic E-state index is 12.0. The van der Waals surface area contributed by atoms with Crippen LogP contribution in [-0.2, 0) is 11.3 Å². The quantitative estimate of drug-likeness (QED) is 0.488. The number of carbonyl (C=O) groups excluding carboxylic acids is 2. The molecule has 0 spiro atoms. The number of rotatable bonds is 6. The monoisotopic (exact) mass is 417 g/mol. The summed E-state index contributed by atoms with van der Waals surface area (Å²) in [6, 6.07) is 7.53. The zero-order valence-electron chi connectivity index (χ0n) is 18.7. The zero-order chi connectivity index (χ0) is 22.1. The van der Waals surface area contributed by atoms with Crippen LogP contribution in [0.25, 0.3) is 0 Å². The molecule has 8 nitrogen and oxygen atoms in total. The fraction of sp³-hybridized carbons (Fsp3) is 0.591. The fourth-order valence-electron chi connectivity index (χ4n) is 3.21. The number of alkyl carbamates (subject to hydrolysis) is 1. The molecule has 0 aliphatic carbocycles. The largest absolute Gasteiger partial charge is 0.444 e. The van der Waals surface area contributed by atoms with Crippen LogP contribution >= 0.6 is 0 Å². The first kappa shape index (κ1) is 23.5. The maximum absolute atomic E-state index is 12.0. The lowest BCUT2D eigenvalue weighted by molar-refractivity contribution is 0.0507. The van der Waals surface area contributed by atoms with Gasteiger partial charge in [-0.2, -0.15) is 0 Å². The molecule has 1 heterocycles. The van der Waals surface area contributed by atoms with Gasteiger partial charge in [0.05, 0.1) is 12.6 Å². The zero-order valence-corrected chi connectivity index (χ0v) is 18.7. The molecule has 0 aromatic heterocycles. The van der Waals surface area contributed by atoms with Gasteiger partial charge in [0.2, 0.25) is 0 Å². The summed E-state index contributed by atoms with van der Waals surface area (Å²) in [6.45, 7) is 12.8. The summed E-state index contributed by atoms with van der Waals surface area (Å²) in [5, 5.41) is 9.07. The summed E-state index contributed by atoms with van der Waals surface area (Å²) in [7, 11) is 0. The number of nitrogens with one attached hydrogen (secondary N) is 3. The van der Waals surface area contributed by atoms with Crippen LogP contribution in [0.15, 0.2) is 29.3 Å². The molecule has 1 fully saturated rings. The predicted octanol–water partition coefficient (Wildman–Crippen LogP) is 2.50. The van der Waals surface area contributed by atoms with Crippen LogP contribution in [0.2, 0.25) is 0 Å². The smallest absolute Gasteiger partial charge is 0.407 e. The van der Waals surface area contributed by atoms with Gasteiger partial charge in [-0.05, 0) is 58.7 Å². The van der Waals surface area contributed by atoms with Crippen molar-refractivity contribution >= 4 is 18.0 Å². The maximum Gasteiger partial charge on any atom is 0.407 e. The van der Waals surface area contributed by atoms with Gasteiger partial charge in [0, 0.05) is 31.7 Å². The van der Waals surface area contributed by atoms with Gasteiger partial charge in [-0.15, -0.1) is 0 Å². The SMILES string of the molecule is CCNC(=O)c1cccc(CN=C(NCC)N2CCC(NC(=O)OC(C)(C)C)C2)c1. The van der Waals surface area contributed by atoms with Crippen LogP contribution in [-0.4, -0.2) is 60.7 Å². The molecule has 1 aromatic carbocycles. The molecule has 2 rings (SSSR count). The van der Waals surface area contributed by atoms with E-state index in [9.17, 15) is 9.59 Å². The Bertz CT molecular complexity index is 757. The molecule has 1 atom stereocenters. The number of hydrogen-bond donors (Lipinski definition) is 3. The summed E-state index contributed by atoms with van der Waals surface area (Å²) >= 11 is 0. The summed E-state index contributed by atoms with van der Waals surface area (Å²) in [4.78, 5) is 31.0. The highest BCUT2D eigenvalue weighted by molar-refractivity contribution is 5.94. The third-order valence-corrected chi connectivity index (χ3v) is 4.48. The Labute approximate surface area is 179 Å². The van der Waals surface area contributed by atoms with E-state index < -0.39 is 11.7 Å². The van der Waals surface area contributed by atoms with Crippen molar-refractivity contribution in [1.29, 1.82) is 0 Å². The topological polar surface area (TPSA) is 95.1 Å². The Morgan fingerprint density at radius 1 is 1.20 bits per heavy atom. The molecule has 1 aliphatic rings. The average Bonchev–Trinajstić information content (AvgIpc) is 3.12. The third kappa shape index (κ3) is 7.57. The first-order valence-electron chi connectivity index (χ1n) is 10.6. The highest BCUT2D eigenvalue weighted by atomic mass is 16.6. The molecule has 0 radical (unpaired) electrons. The second-order valence-electron chi connectivity index (χ2n) is 8.31. The van der Waals surface area contributed by atoms with E-state index in [0.29, 0.717) is 25.2 Å². The molecule has 30 heavy (non-hydrogen) atoms. The van der Waals surface area contributed by atoms with Crippen molar-refractivity contribution in [1.82, 2.24) is 20.9 Å². The molecule has 0 bridgehead atoms. The van der Waals surface area contributed by atoms with E-state index in [0.717, 1.165) is 31.0 Å². The number of benzene rings is 1. The molecule has 1 unspecified atom stereocenters. The van der Waals surface area contributed by atoms with Crippen LogP contribution in [0, 0.1) is 0 Å². The van der Waals surface area contributed by atoms with Gasteiger partial charge < -0.3 is 25.6 Å². The molecule has 1 aromatic rings. The van der Waals surface area contributed by atoms with E-state index in [-0.39, 0.29) is 11.9 Å². The molecule has 1 saturated heterocycles. The minimum absolute atomic E-state index is 0.0183. The predicted molar refractivity (Wildman–Crippen MR) is 119 cm³/mol. The number of hydrogen-bond acceptors (Lipinski definition) is 4. The summed E-state index contributed by atoms with van der Waals surface area (Å²) < 4.78 is 5.35. The molecule has 0 saturated carbocycles. The van der Waals surface area contributed by atoms with Crippen molar-refractivity contribution < 1.29 is 14.3 Å². The number of guanidine groups is 1. The van der Waals surface area contributed by atoms with Crippen LogP contribution in [0.1, 0.15) is 57.0 Å². The number of carbonyl (C=O) groups is 2. The lowest BCUT2D eigenvalue weighted by atomic mass is 10.1. The van der Waals surface area contributed by atoms with Gasteiger partial charge in [0.25, 0.3) is 5.91 Å². The minimum atomic E-state index is -0.513. The Morgan fingerprint density at radius 2 is 1.93 bits per heavy atom. The Kier molecular flexibility index (Phi) is 8.50. The van der Waals surface area contributed by atoms with E-state index in [4.69, 9.17) is 9.73 Å². The Balaban J connectivity index is 1.99. The fourth-order valence-corrected chi connectivity index (χ4v) is 3.21. The van der Waals surface area contributed by atoms with Gasteiger partial charge in [-0.1, -0.05) is 12.1 Å². The number of aliphatic imine (C=N–C) groups is 1. The average molecular weight is 418 g/mol. The second-order valence-corrected chi connectivity index (χ2v) is 8.31. The van der Waals surface area contributed by atoms with Crippen molar-refractivity contribution in [3.05, 3.63) is 35.4 Å².